The standard InChI is InChI=1S/C8H14BrNO/c9-5-6-3-1-2-4-7(6)8(10)11/h6-7H,1-5H2,(H2,10,11)/t6-,7-/m0/s1. The average Bonchev–Trinajstić information content (AvgIpc) is 2.04. The summed E-state index contributed by atoms with van der Waals surface area (Å²) in [7, 11) is 0. The number of primary amides is 1. The Bertz CT molecular complexity index is 149. The van der Waals surface area contributed by atoms with Crippen molar-refractivity contribution in [1.29, 1.82) is 0 Å². The van der Waals surface area contributed by atoms with Gasteiger partial charge < -0.3 is 5.73 Å². The highest BCUT2D eigenvalue weighted by molar-refractivity contribution is 9.09. The molecule has 0 bridgehead atoms. The maximum Gasteiger partial charge on any atom is 0.220 e. The van der Waals surface area contributed by atoms with Crippen molar-refractivity contribution in [1.82, 2.24) is 0 Å². The summed E-state index contributed by atoms with van der Waals surface area (Å²) in [6, 6.07) is 0. The number of halogens is 1. The Morgan fingerprint density at radius 3 is 2.55 bits per heavy atom. The maximum absolute atomic E-state index is 10.9. The second-order valence-electron chi connectivity index (χ2n) is 3.21. The lowest BCUT2D eigenvalue weighted by atomic mass is 9.80. The summed E-state index contributed by atoms with van der Waals surface area (Å²) in [5, 5.41) is 0.917. The van der Waals surface area contributed by atoms with Gasteiger partial charge in [-0.1, -0.05) is 28.8 Å². The van der Waals surface area contributed by atoms with E-state index in [-0.39, 0.29) is 11.8 Å². The second-order valence-corrected chi connectivity index (χ2v) is 3.86. The number of carbonyl (C=O) groups is 1. The summed E-state index contributed by atoms with van der Waals surface area (Å²) in [6.07, 6.45) is 4.56. The molecule has 0 unspecified atom stereocenters. The molecule has 1 aliphatic carbocycles. The van der Waals surface area contributed by atoms with E-state index in [2.05, 4.69) is 15.9 Å². The molecule has 3 heteroatoms. The molecule has 2 atom stereocenters. The van der Waals surface area contributed by atoms with Crippen LogP contribution in [0, 0.1) is 11.8 Å². The van der Waals surface area contributed by atoms with E-state index >= 15 is 0 Å². The molecule has 1 fully saturated rings. The van der Waals surface area contributed by atoms with Crippen LogP contribution in [0.3, 0.4) is 0 Å². The number of carbonyl (C=O) groups excluding carboxylic acids is 1. The molecule has 0 saturated heterocycles. The van der Waals surface area contributed by atoms with Gasteiger partial charge in [-0.3, -0.25) is 4.79 Å². The number of amides is 1. The lowest BCUT2D eigenvalue weighted by Gasteiger charge is -2.27. The van der Waals surface area contributed by atoms with Crippen LogP contribution in [0.5, 0.6) is 0 Å². The van der Waals surface area contributed by atoms with Gasteiger partial charge >= 0.3 is 0 Å². The van der Waals surface area contributed by atoms with Crippen LogP contribution in [-0.4, -0.2) is 11.2 Å². The molecule has 64 valence electrons. The van der Waals surface area contributed by atoms with Crippen molar-refractivity contribution in [2.45, 2.75) is 25.7 Å². The molecule has 11 heavy (non-hydrogen) atoms. The summed E-state index contributed by atoms with van der Waals surface area (Å²) in [4.78, 5) is 10.9. The van der Waals surface area contributed by atoms with Gasteiger partial charge in [-0.25, -0.2) is 0 Å². The van der Waals surface area contributed by atoms with Crippen molar-refractivity contribution in [2.75, 3.05) is 5.33 Å². The summed E-state index contributed by atoms with van der Waals surface area (Å²) >= 11 is 3.41. The van der Waals surface area contributed by atoms with Crippen molar-refractivity contribution in [3.8, 4) is 0 Å². The minimum Gasteiger partial charge on any atom is -0.369 e. The molecule has 1 rings (SSSR count). The topological polar surface area (TPSA) is 43.1 Å². The van der Waals surface area contributed by atoms with Crippen molar-refractivity contribution in [3.05, 3.63) is 0 Å². The molecule has 1 aliphatic rings. The van der Waals surface area contributed by atoms with E-state index in [9.17, 15) is 4.79 Å². The molecule has 2 N–H and O–H groups in total. The third-order valence-electron chi connectivity index (χ3n) is 2.47. The van der Waals surface area contributed by atoms with Gasteiger partial charge in [0.1, 0.15) is 0 Å². The number of rotatable bonds is 2. The average molecular weight is 220 g/mol. The van der Waals surface area contributed by atoms with Gasteiger partial charge in [-0.2, -0.15) is 0 Å². The Morgan fingerprint density at radius 2 is 2.09 bits per heavy atom. The highest BCUT2D eigenvalue weighted by Crippen LogP contribution is 2.30. The predicted octanol–water partition coefficient (Wildman–Crippen LogP) is 1.67. The van der Waals surface area contributed by atoms with E-state index in [4.69, 9.17) is 5.73 Å². The smallest absolute Gasteiger partial charge is 0.220 e. The fraction of sp³-hybridized carbons (Fsp3) is 0.875. The fourth-order valence-electron chi connectivity index (χ4n) is 1.77. The zero-order valence-corrected chi connectivity index (χ0v) is 8.14. The Balaban J connectivity index is 2.51. The van der Waals surface area contributed by atoms with Crippen molar-refractivity contribution in [3.63, 3.8) is 0 Å². The molecule has 1 amide bonds. The van der Waals surface area contributed by atoms with Crippen LogP contribution in [-0.2, 0) is 4.79 Å². The van der Waals surface area contributed by atoms with E-state index in [0.717, 1.165) is 24.6 Å². The van der Waals surface area contributed by atoms with Crippen molar-refractivity contribution in [2.24, 2.45) is 17.6 Å². The molecule has 0 aromatic carbocycles. The van der Waals surface area contributed by atoms with Crippen molar-refractivity contribution >= 4 is 21.8 Å². The van der Waals surface area contributed by atoms with Gasteiger partial charge in [-0.15, -0.1) is 0 Å². The molecule has 0 spiro atoms. The largest absolute Gasteiger partial charge is 0.369 e. The normalized spacial score (nSPS) is 31.7. The highest BCUT2D eigenvalue weighted by Gasteiger charge is 2.27. The second kappa shape index (κ2) is 4.10. The summed E-state index contributed by atoms with van der Waals surface area (Å²) in [6.45, 7) is 0. The molecule has 1 saturated carbocycles. The first-order valence-electron chi connectivity index (χ1n) is 4.11. The lowest BCUT2D eigenvalue weighted by molar-refractivity contribution is -0.124. The van der Waals surface area contributed by atoms with E-state index in [0.29, 0.717) is 5.92 Å². The Labute approximate surface area is 75.7 Å². The van der Waals surface area contributed by atoms with E-state index in [1.54, 1.807) is 0 Å². The van der Waals surface area contributed by atoms with Crippen LogP contribution >= 0.6 is 15.9 Å². The number of hydrogen-bond donors (Lipinski definition) is 1. The van der Waals surface area contributed by atoms with Crippen LogP contribution in [0.2, 0.25) is 0 Å². The minimum absolute atomic E-state index is 0.117. The van der Waals surface area contributed by atoms with Gasteiger partial charge in [0.25, 0.3) is 0 Å². The molecule has 2 nitrogen and oxygen atoms in total. The van der Waals surface area contributed by atoms with Crippen LogP contribution in [0.25, 0.3) is 0 Å². The third kappa shape index (κ3) is 2.19. The minimum atomic E-state index is -0.117. The number of hydrogen-bond acceptors (Lipinski definition) is 1. The maximum atomic E-state index is 10.9. The van der Waals surface area contributed by atoms with Crippen LogP contribution in [0.1, 0.15) is 25.7 Å². The molecule has 0 aromatic rings. The van der Waals surface area contributed by atoms with Crippen LogP contribution in [0.15, 0.2) is 0 Å². The number of nitrogens with two attached hydrogens (primary N) is 1. The fourth-order valence-corrected chi connectivity index (χ4v) is 2.54. The molecular formula is C8H14BrNO. The quantitative estimate of drug-likeness (QED) is 0.706. The number of alkyl halides is 1. The SMILES string of the molecule is NC(=O)[C@H]1CCCC[C@H]1CBr. The van der Waals surface area contributed by atoms with Gasteiger partial charge in [0, 0.05) is 11.2 Å². The first kappa shape index (κ1) is 9.04. The molecule has 0 radical (unpaired) electrons. The summed E-state index contributed by atoms with van der Waals surface area (Å²) in [5.74, 6) is 0.499. The van der Waals surface area contributed by atoms with Crippen LogP contribution < -0.4 is 5.73 Å². The van der Waals surface area contributed by atoms with Gasteiger partial charge in [0.05, 0.1) is 0 Å². The lowest BCUT2D eigenvalue weighted by Crippen LogP contribution is -2.33. The molecule has 0 heterocycles. The van der Waals surface area contributed by atoms with Gasteiger partial charge in [-0.05, 0) is 18.8 Å². The van der Waals surface area contributed by atoms with Gasteiger partial charge in [0.15, 0.2) is 0 Å². The van der Waals surface area contributed by atoms with E-state index in [1.807, 2.05) is 0 Å². The Morgan fingerprint density at radius 1 is 1.45 bits per heavy atom. The van der Waals surface area contributed by atoms with E-state index in [1.165, 1.54) is 6.42 Å². The molecular weight excluding hydrogens is 206 g/mol. The van der Waals surface area contributed by atoms with Gasteiger partial charge in [0.2, 0.25) is 5.91 Å². The first-order chi connectivity index (χ1) is 5.25. The predicted molar refractivity (Wildman–Crippen MR) is 48.4 cm³/mol. The third-order valence-corrected chi connectivity index (χ3v) is 3.30. The highest BCUT2D eigenvalue weighted by atomic mass is 79.9. The van der Waals surface area contributed by atoms with Crippen LogP contribution in [0.4, 0.5) is 0 Å². The summed E-state index contributed by atoms with van der Waals surface area (Å²) in [5.41, 5.74) is 5.27. The zero-order valence-electron chi connectivity index (χ0n) is 6.55. The Kier molecular flexibility index (Phi) is 3.37. The Hall–Kier alpha value is -0.0500. The molecule has 0 aliphatic heterocycles. The van der Waals surface area contributed by atoms with Crippen molar-refractivity contribution < 1.29 is 4.79 Å². The first-order valence-corrected chi connectivity index (χ1v) is 5.23. The van der Waals surface area contributed by atoms with E-state index < -0.39 is 0 Å². The monoisotopic (exact) mass is 219 g/mol. The zero-order chi connectivity index (χ0) is 8.27. The molecule has 0 aromatic heterocycles. The summed E-state index contributed by atoms with van der Waals surface area (Å²) < 4.78 is 0.